The van der Waals surface area contributed by atoms with E-state index in [0.29, 0.717) is 20.5 Å². The lowest BCUT2D eigenvalue weighted by atomic mass is 10.6. The van der Waals surface area contributed by atoms with Crippen LogP contribution in [0.25, 0.3) is 0 Å². The standard InChI is InChI=1S/C8H6BrN5OS/c9-5-6(10)12-3-13-7(5)16-8-11-2-1-4(15)14-8/h1-3H,(H2,10,12,13)(H,11,14,15). The van der Waals surface area contributed by atoms with Crippen LogP contribution in [0.15, 0.2) is 38.0 Å². The molecule has 0 radical (unpaired) electrons. The molecule has 6 nitrogen and oxygen atoms in total. The van der Waals surface area contributed by atoms with Gasteiger partial charge in [-0.3, -0.25) is 4.79 Å². The van der Waals surface area contributed by atoms with Crippen molar-refractivity contribution in [1.29, 1.82) is 0 Å². The number of H-pyrrole nitrogens is 1. The average Bonchev–Trinajstić information content (AvgIpc) is 2.25. The maximum Gasteiger partial charge on any atom is 0.251 e. The van der Waals surface area contributed by atoms with E-state index in [0.717, 1.165) is 0 Å². The zero-order valence-corrected chi connectivity index (χ0v) is 10.2. The number of hydrogen-bond acceptors (Lipinski definition) is 6. The minimum Gasteiger partial charge on any atom is -0.383 e. The number of hydrogen-bond donors (Lipinski definition) is 2. The Morgan fingerprint density at radius 2 is 2.19 bits per heavy atom. The first-order valence-corrected chi connectivity index (χ1v) is 5.77. The highest BCUT2D eigenvalue weighted by molar-refractivity contribution is 9.10. The zero-order chi connectivity index (χ0) is 11.5. The Balaban J connectivity index is 2.34. The van der Waals surface area contributed by atoms with Crippen molar-refractivity contribution in [2.45, 2.75) is 10.2 Å². The number of nitrogens with two attached hydrogens (primary N) is 1. The summed E-state index contributed by atoms with van der Waals surface area (Å²) in [4.78, 5) is 25.5. The summed E-state index contributed by atoms with van der Waals surface area (Å²) in [5.41, 5.74) is 5.39. The van der Waals surface area contributed by atoms with Gasteiger partial charge in [0, 0.05) is 12.3 Å². The third-order valence-electron chi connectivity index (χ3n) is 1.63. The van der Waals surface area contributed by atoms with E-state index in [2.05, 4.69) is 35.9 Å². The molecule has 3 N–H and O–H groups in total. The first kappa shape index (κ1) is 11.1. The molecule has 0 saturated carbocycles. The molecule has 2 aromatic rings. The van der Waals surface area contributed by atoms with Gasteiger partial charge in [-0.15, -0.1) is 0 Å². The van der Waals surface area contributed by atoms with Gasteiger partial charge >= 0.3 is 0 Å². The van der Waals surface area contributed by atoms with Crippen molar-refractivity contribution in [2.24, 2.45) is 0 Å². The van der Waals surface area contributed by atoms with Crippen LogP contribution in [0.3, 0.4) is 0 Å². The third-order valence-corrected chi connectivity index (χ3v) is 3.57. The summed E-state index contributed by atoms with van der Waals surface area (Å²) in [6.07, 6.45) is 2.78. The Bertz CT molecular complexity index is 572. The Kier molecular flexibility index (Phi) is 3.20. The van der Waals surface area contributed by atoms with Gasteiger partial charge in [-0.25, -0.2) is 15.0 Å². The lowest BCUT2D eigenvalue weighted by molar-refractivity contribution is 0.927. The molecule has 16 heavy (non-hydrogen) atoms. The zero-order valence-electron chi connectivity index (χ0n) is 7.85. The highest BCUT2D eigenvalue weighted by Gasteiger charge is 2.08. The molecular weight excluding hydrogens is 294 g/mol. The normalized spacial score (nSPS) is 10.3. The van der Waals surface area contributed by atoms with E-state index in [-0.39, 0.29) is 5.56 Å². The van der Waals surface area contributed by atoms with E-state index in [1.54, 1.807) is 0 Å². The lowest BCUT2D eigenvalue weighted by Gasteiger charge is -2.02. The molecule has 8 heteroatoms. The Hall–Kier alpha value is -1.41. The first-order valence-electron chi connectivity index (χ1n) is 4.16. The van der Waals surface area contributed by atoms with Gasteiger partial charge in [0.05, 0.1) is 4.47 Å². The SMILES string of the molecule is Nc1ncnc(Sc2nccc(=O)[nH]2)c1Br. The van der Waals surface area contributed by atoms with E-state index in [9.17, 15) is 4.79 Å². The second kappa shape index (κ2) is 4.62. The molecule has 0 atom stereocenters. The number of anilines is 1. The lowest BCUT2D eigenvalue weighted by Crippen LogP contribution is -2.05. The minimum atomic E-state index is -0.212. The molecule has 0 aromatic carbocycles. The van der Waals surface area contributed by atoms with Crippen molar-refractivity contribution >= 4 is 33.5 Å². The highest BCUT2D eigenvalue weighted by Crippen LogP contribution is 2.31. The van der Waals surface area contributed by atoms with Gasteiger partial charge in [-0.05, 0) is 27.7 Å². The Morgan fingerprint density at radius 3 is 2.94 bits per heavy atom. The van der Waals surface area contributed by atoms with Crippen molar-refractivity contribution < 1.29 is 0 Å². The van der Waals surface area contributed by atoms with Gasteiger partial charge in [0.2, 0.25) is 0 Å². The molecule has 0 aliphatic heterocycles. The van der Waals surface area contributed by atoms with E-state index in [1.807, 2.05) is 0 Å². The quantitative estimate of drug-likeness (QED) is 0.635. The number of aromatic amines is 1. The Labute approximate surface area is 103 Å². The minimum absolute atomic E-state index is 0.212. The number of aromatic nitrogens is 4. The van der Waals surface area contributed by atoms with E-state index < -0.39 is 0 Å². The summed E-state index contributed by atoms with van der Waals surface area (Å²) < 4.78 is 0.589. The molecule has 2 aromatic heterocycles. The van der Waals surface area contributed by atoms with E-state index in [4.69, 9.17) is 5.73 Å². The van der Waals surface area contributed by atoms with Crippen molar-refractivity contribution in [3.05, 3.63) is 33.4 Å². The molecule has 82 valence electrons. The van der Waals surface area contributed by atoms with Crippen molar-refractivity contribution in [2.75, 3.05) is 5.73 Å². The average molecular weight is 300 g/mol. The van der Waals surface area contributed by atoms with Crippen LogP contribution in [-0.4, -0.2) is 19.9 Å². The van der Waals surface area contributed by atoms with Crippen LogP contribution in [0.4, 0.5) is 5.82 Å². The maximum absolute atomic E-state index is 11.1. The monoisotopic (exact) mass is 299 g/mol. The van der Waals surface area contributed by atoms with Crippen LogP contribution in [0.2, 0.25) is 0 Å². The van der Waals surface area contributed by atoms with Crippen LogP contribution in [-0.2, 0) is 0 Å². The fraction of sp³-hybridized carbons (Fsp3) is 0. The summed E-state index contributed by atoms with van der Waals surface area (Å²) >= 11 is 4.46. The fourth-order valence-electron chi connectivity index (χ4n) is 0.933. The van der Waals surface area contributed by atoms with E-state index >= 15 is 0 Å². The molecule has 0 aliphatic rings. The van der Waals surface area contributed by atoms with Crippen molar-refractivity contribution in [3.63, 3.8) is 0 Å². The number of rotatable bonds is 2. The van der Waals surface area contributed by atoms with Gasteiger partial charge in [0.1, 0.15) is 17.2 Å². The largest absolute Gasteiger partial charge is 0.383 e. The second-order valence-corrected chi connectivity index (χ2v) is 4.49. The molecule has 0 fully saturated rings. The number of nitrogens with zero attached hydrogens (tertiary/aromatic N) is 3. The molecule has 0 saturated heterocycles. The van der Waals surface area contributed by atoms with Gasteiger partial charge in [0.15, 0.2) is 5.16 Å². The van der Waals surface area contributed by atoms with Crippen LogP contribution >= 0.6 is 27.7 Å². The van der Waals surface area contributed by atoms with Crippen molar-refractivity contribution in [3.8, 4) is 0 Å². The third kappa shape index (κ3) is 2.39. The molecule has 0 unspecified atom stereocenters. The molecular formula is C8H6BrN5OS. The maximum atomic E-state index is 11.1. The number of nitrogen functional groups attached to an aromatic ring is 1. The number of nitrogens with one attached hydrogen (secondary N) is 1. The summed E-state index contributed by atoms with van der Waals surface area (Å²) in [5, 5.41) is 1.05. The predicted octanol–water partition coefficient (Wildman–Crippen LogP) is 1.06. The van der Waals surface area contributed by atoms with Gasteiger partial charge in [0.25, 0.3) is 5.56 Å². The fourth-order valence-corrected chi connectivity index (χ4v) is 2.12. The van der Waals surface area contributed by atoms with Gasteiger partial charge < -0.3 is 10.7 Å². The molecule has 0 bridgehead atoms. The summed E-state index contributed by atoms with van der Waals surface area (Å²) in [6, 6.07) is 1.34. The molecule has 2 heterocycles. The summed E-state index contributed by atoms with van der Waals surface area (Å²) in [5.74, 6) is 0.343. The van der Waals surface area contributed by atoms with Crippen LogP contribution < -0.4 is 11.3 Å². The first-order chi connectivity index (χ1) is 7.66. The predicted molar refractivity (Wildman–Crippen MR) is 63.1 cm³/mol. The smallest absolute Gasteiger partial charge is 0.251 e. The van der Waals surface area contributed by atoms with Crippen LogP contribution in [0.5, 0.6) is 0 Å². The number of halogens is 1. The highest BCUT2D eigenvalue weighted by atomic mass is 79.9. The van der Waals surface area contributed by atoms with Crippen LogP contribution in [0.1, 0.15) is 0 Å². The second-order valence-electron chi connectivity index (χ2n) is 2.72. The topological polar surface area (TPSA) is 97.5 Å². The van der Waals surface area contributed by atoms with Gasteiger partial charge in [-0.2, -0.15) is 0 Å². The van der Waals surface area contributed by atoms with Gasteiger partial charge in [-0.1, -0.05) is 0 Å². The summed E-state index contributed by atoms with van der Waals surface area (Å²) in [6.45, 7) is 0. The van der Waals surface area contributed by atoms with Crippen molar-refractivity contribution in [1.82, 2.24) is 19.9 Å². The summed E-state index contributed by atoms with van der Waals surface area (Å²) in [7, 11) is 0. The molecule has 0 aliphatic carbocycles. The molecule has 2 rings (SSSR count). The van der Waals surface area contributed by atoms with Crippen LogP contribution in [0, 0.1) is 0 Å². The Morgan fingerprint density at radius 1 is 1.38 bits per heavy atom. The molecule has 0 amide bonds. The molecule has 0 spiro atoms. The van der Waals surface area contributed by atoms with E-state index in [1.165, 1.54) is 30.4 Å².